The Bertz CT molecular complexity index is 789. The van der Waals surface area contributed by atoms with Gasteiger partial charge < -0.3 is 8.94 Å². The number of amides is 1. The number of nitrogens with zero attached hydrogens (tertiary/aromatic N) is 3. The maximum atomic E-state index is 11.8. The van der Waals surface area contributed by atoms with Gasteiger partial charge in [0.1, 0.15) is 5.76 Å². The summed E-state index contributed by atoms with van der Waals surface area (Å²) in [4.78, 5) is 15.9. The summed E-state index contributed by atoms with van der Waals surface area (Å²) < 4.78 is 9.97. The molecule has 1 amide bonds. The molecule has 0 atom stereocenters. The third kappa shape index (κ3) is 3.09. The van der Waals surface area contributed by atoms with Gasteiger partial charge in [-0.2, -0.15) is 10.1 Å². The van der Waals surface area contributed by atoms with Crippen LogP contribution in [0.1, 0.15) is 22.0 Å². The van der Waals surface area contributed by atoms with E-state index in [0.717, 1.165) is 11.1 Å². The lowest BCUT2D eigenvalue weighted by Gasteiger charge is -1.94. The van der Waals surface area contributed by atoms with Gasteiger partial charge in [0.25, 0.3) is 0 Å². The minimum Gasteiger partial charge on any atom is -0.463 e. The van der Waals surface area contributed by atoms with Gasteiger partial charge >= 0.3 is 11.8 Å². The van der Waals surface area contributed by atoms with Crippen molar-refractivity contribution < 1.29 is 13.7 Å². The van der Waals surface area contributed by atoms with Crippen molar-refractivity contribution in [3.63, 3.8) is 0 Å². The van der Waals surface area contributed by atoms with Gasteiger partial charge in [0.2, 0.25) is 5.82 Å². The normalized spacial score (nSPS) is 11.0. The zero-order valence-electron chi connectivity index (χ0n) is 11.7. The number of aromatic nitrogens is 2. The first-order valence-electron chi connectivity index (χ1n) is 6.50. The number of hydrogen-bond donors (Lipinski definition) is 1. The third-order valence-electron chi connectivity index (χ3n) is 2.83. The van der Waals surface area contributed by atoms with Gasteiger partial charge in [-0.15, -0.1) is 0 Å². The van der Waals surface area contributed by atoms with E-state index >= 15 is 0 Å². The van der Waals surface area contributed by atoms with Gasteiger partial charge in [0.15, 0.2) is 0 Å². The van der Waals surface area contributed by atoms with Crippen LogP contribution in [0.15, 0.2) is 56.7 Å². The van der Waals surface area contributed by atoms with E-state index in [0.29, 0.717) is 11.6 Å². The molecule has 1 aromatic carbocycles. The van der Waals surface area contributed by atoms with Gasteiger partial charge in [-0.3, -0.25) is 4.79 Å². The van der Waals surface area contributed by atoms with Crippen LogP contribution < -0.4 is 5.43 Å². The van der Waals surface area contributed by atoms with E-state index in [-0.39, 0.29) is 5.89 Å². The SMILES string of the molecule is Cc1ccc(-c2noc(C(=O)N/N=C/c3ccco3)n2)cc1. The van der Waals surface area contributed by atoms with E-state index in [1.54, 1.807) is 12.1 Å². The van der Waals surface area contributed by atoms with E-state index in [4.69, 9.17) is 8.94 Å². The summed E-state index contributed by atoms with van der Waals surface area (Å²) in [6.45, 7) is 1.98. The monoisotopic (exact) mass is 296 g/mol. The van der Waals surface area contributed by atoms with Gasteiger partial charge in [0, 0.05) is 5.56 Å². The van der Waals surface area contributed by atoms with E-state index in [9.17, 15) is 4.79 Å². The quantitative estimate of drug-likeness (QED) is 0.589. The summed E-state index contributed by atoms with van der Waals surface area (Å²) in [6, 6.07) is 11.0. The largest absolute Gasteiger partial charge is 0.463 e. The lowest BCUT2D eigenvalue weighted by molar-refractivity contribution is 0.0911. The Labute approximate surface area is 125 Å². The Morgan fingerprint density at radius 1 is 1.27 bits per heavy atom. The standard InChI is InChI=1S/C15H12N4O3/c1-10-4-6-11(7-5-10)13-17-15(22-19-13)14(20)18-16-9-12-3-2-8-21-12/h2-9H,1H3,(H,18,20)/b16-9+. The first kappa shape index (κ1) is 13.7. The van der Waals surface area contributed by atoms with Crippen molar-refractivity contribution in [1.29, 1.82) is 0 Å². The first-order chi connectivity index (χ1) is 10.7. The molecule has 0 radical (unpaired) electrons. The number of carbonyl (C=O) groups excluding carboxylic acids is 1. The van der Waals surface area contributed by atoms with Crippen molar-refractivity contribution in [3.05, 3.63) is 59.9 Å². The predicted octanol–water partition coefficient (Wildman–Crippen LogP) is 2.40. The van der Waals surface area contributed by atoms with Crippen molar-refractivity contribution in [3.8, 4) is 11.4 Å². The Kier molecular flexibility index (Phi) is 3.78. The van der Waals surface area contributed by atoms with Crippen LogP contribution in [-0.4, -0.2) is 22.3 Å². The van der Waals surface area contributed by atoms with Crippen molar-refractivity contribution in [1.82, 2.24) is 15.6 Å². The van der Waals surface area contributed by atoms with Crippen LogP contribution in [0.5, 0.6) is 0 Å². The molecule has 0 aliphatic heterocycles. The fraction of sp³-hybridized carbons (Fsp3) is 0.0667. The Hall–Kier alpha value is -3.22. The summed E-state index contributed by atoms with van der Waals surface area (Å²) in [7, 11) is 0. The van der Waals surface area contributed by atoms with Gasteiger partial charge in [-0.1, -0.05) is 35.0 Å². The molecule has 0 bridgehead atoms. The maximum Gasteiger partial charge on any atom is 0.329 e. The predicted molar refractivity (Wildman–Crippen MR) is 78.2 cm³/mol. The third-order valence-corrected chi connectivity index (χ3v) is 2.83. The highest BCUT2D eigenvalue weighted by Gasteiger charge is 2.15. The molecule has 0 unspecified atom stereocenters. The summed E-state index contributed by atoms with van der Waals surface area (Å²) >= 11 is 0. The second-order valence-corrected chi connectivity index (χ2v) is 4.50. The van der Waals surface area contributed by atoms with E-state index in [1.165, 1.54) is 12.5 Å². The van der Waals surface area contributed by atoms with E-state index in [2.05, 4.69) is 20.7 Å². The van der Waals surface area contributed by atoms with Crippen LogP contribution in [0.3, 0.4) is 0 Å². The molecule has 7 nitrogen and oxygen atoms in total. The Balaban J connectivity index is 1.68. The van der Waals surface area contributed by atoms with Crippen molar-refractivity contribution >= 4 is 12.1 Å². The molecule has 22 heavy (non-hydrogen) atoms. The molecule has 3 aromatic rings. The highest BCUT2D eigenvalue weighted by Crippen LogP contribution is 2.16. The molecule has 0 aliphatic rings. The number of carbonyl (C=O) groups is 1. The number of aryl methyl sites for hydroxylation is 1. The minimum absolute atomic E-state index is 0.160. The Morgan fingerprint density at radius 2 is 2.09 bits per heavy atom. The van der Waals surface area contributed by atoms with Gasteiger partial charge in [0.05, 0.1) is 12.5 Å². The van der Waals surface area contributed by atoms with Crippen LogP contribution in [0.4, 0.5) is 0 Å². The maximum absolute atomic E-state index is 11.8. The number of hydrogen-bond acceptors (Lipinski definition) is 6. The van der Waals surface area contributed by atoms with Crippen LogP contribution in [0.2, 0.25) is 0 Å². The summed E-state index contributed by atoms with van der Waals surface area (Å²) in [5.41, 5.74) is 4.18. The molecule has 0 aliphatic carbocycles. The van der Waals surface area contributed by atoms with Gasteiger partial charge in [-0.05, 0) is 19.1 Å². The molecule has 0 fully saturated rings. The minimum atomic E-state index is -0.589. The van der Waals surface area contributed by atoms with Crippen molar-refractivity contribution in [2.24, 2.45) is 5.10 Å². The number of benzene rings is 1. The molecule has 0 saturated heterocycles. The van der Waals surface area contributed by atoms with Crippen LogP contribution in [0.25, 0.3) is 11.4 Å². The fourth-order valence-electron chi connectivity index (χ4n) is 1.70. The lowest BCUT2D eigenvalue weighted by atomic mass is 10.1. The molecule has 3 rings (SSSR count). The molecule has 2 aromatic heterocycles. The average molecular weight is 296 g/mol. The van der Waals surface area contributed by atoms with Crippen LogP contribution in [-0.2, 0) is 0 Å². The molecule has 1 N–H and O–H groups in total. The lowest BCUT2D eigenvalue weighted by Crippen LogP contribution is -2.17. The van der Waals surface area contributed by atoms with Crippen LogP contribution >= 0.6 is 0 Å². The number of nitrogens with one attached hydrogen (secondary N) is 1. The summed E-state index contributed by atoms with van der Waals surface area (Å²) in [5.74, 6) is 0.118. The second kappa shape index (κ2) is 6.04. The van der Waals surface area contributed by atoms with Crippen LogP contribution in [0, 0.1) is 6.92 Å². The summed E-state index contributed by atoms with van der Waals surface area (Å²) in [6.07, 6.45) is 2.88. The number of furan rings is 1. The highest BCUT2D eigenvalue weighted by molar-refractivity contribution is 5.90. The van der Waals surface area contributed by atoms with Gasteiger partial charge in [-0.25, -0.2) is 5.43 Å². The van der Waals surface area contributed by atoms with Crippen molar-refractivity contribution in [2.45, 2.75) is 6.92 Å². The van der Waals surface area contributed by atoms with Crippen molar-refractivity contribution in [2.75, 3.05) is 0 Å². The molecule has 0 spiro atoms. The zero-order valence-corrected chi connectivity index (χ0v) is 11.7. The second-order valence-electron chi connectivity index (χ2n) is 4.50. The first-order valence-corrected chi connectivity index (χ1v) is 6.50. The smallest absolute Gasteiger partial charge is 0.329 e. The molecular weight excluding hydrogens is 284 g/mol. The average Bonchev–Trinajstić information content (AvgIpc) is 3.19. The molecule has 110 valence electrons. The molecule has 7 heteroatoms. The fourth-order valence-corrected chi connectivity index (χ4v) is 1.70. The molecule has 0 saturated carbocycles. The zero-order chi connectivity index (χ0) is 15.4. The topological polar surface area (TPSA) is 93.5 Å². The van der Waals surface area contributed by atoms with E-state index in [1.807, 2.05) is 31.2 Å². The Morgan fingerprint density at radius 3 is 2.82 bits per heavy atom. The number of rotatable bonds is 4. The summed E-state index contributed by atoms with van der Waals surface area (Å²) in [5, 5.41) is 7.52. The highest BCUT2D eigenvalue weighted by atomic mass is 16.5. The van der Waals surface area contributed by atoms with E-state index < -0.39 is 5.91 Å². The molecular formula is C15H12N4O3. The number of hydrazone groups is 1. The molecule has 2 heterocycles.